The summed E-state index contributed by atoms with van der Waals surface area (Å²) in [6.45, 7) is -2.89. The number of hydrogen-bond acceptors (Lipinski definition) is 5. The SMILES string of the molecule is COc1ccc(-c2nc(CC(=O)NC(c3ccccc3)c3ccc(OC(F)F)cc3)cs2)cc1. The van der Waals surface area contributed by atoms with Gasteiger partial charge in [0.05, 0.1) is 25.3 Å². The van der Waals surface area contributed by atoms with Gasteiger partial charge in [-0.2, -0.15) is 8.78 Å². The number of ether oxygens (including phenoxy) is 2. The molecule has 1 N–H and O–H groups in total. The van der Waals surface area contributed by atoms with E-state index in [9.17, 15) is 13.6 Å². The Balaban J connectivity index is 1.48. The van der Waals surface area contributed by atoms with Crippen LogP contribution in [0.25, 0.3) is 10.6 Å². The van der Waals surface area contributed by atoms with Gasteiger partial charge in [0.25, 0.3) is 0 Å². The number of rotatable bonds is 9. The van der Waals surface area contributed by atoms with Crippen LogP contribution in [0.4, 0.5) is 8.78 Å². The molecule has 1 unspecified atom stereocenters. The first-order chi connectivity index (χ1) is 16.5. The van der Waals surface area contributed by atoms with Crippen LogP contribution in [0.15, 0.2) is 84.2 Å². The largest absolute Gasteiger partial charge is 0.497 e. The molecule has 1 atom stereocenters. The third-order valence-electron chi connectivity index (χ3n) is 5.11. The van der Waals surface area contributed by atoms with Gasteiger partial charge in [0.1, 0.15) is 16.5 Å². The Hall–Kier alpha value is -3.78. The minimum atomic E-state index is -2.89. The highest BCUT2D eigenvalue weighted by Gasteiger charge is 2.18. The number of hydrogen-bond donors (Lipinski definition) is 1. The predicted molar refractivity (Wildman–Crippen MR) is 127 cm³/mol. The van der Waals surface area contributed by atoms with E-state index in [1.807, 2.05) is 60.0 Å². The zero-order valence-electron chi connectivity index (χ0n) is 18.3. The quantitative estimate of drug-likeness (QED) is 0.326. The lowest BCUT2D eigenvalue weighted by Gasteiger charge is -2.20. The molecule has 3 aromatic carbocycles. The van der Waals surface area contributed by atoms with Crippen molar-refractivity contribution in [1.29, 1.82) is 0 Å². The van der Waals surface area contributed by atoms with Gasteiger partial charge in [0.15, 0.2) is 0 Å². The van der Waals surface area contributed by atoms with E-state index in [1.54, 1.807) is 19.2 Å². The van der Waals surface area contributed by atoms with E-state index in [0.717, 1.165) is 27.4 Å². The van der Waals surface area contributed by atoms with Crippen LogP contribution in [-0.2, 0) is 11.2 Å². The van der Waals surface area contributed by atoms with E-state index in [2.05, 4.69) is 15.0 Å². The van der Waals surface area contributed by atoms with Gasteiger partial charge in [-0.05, 0) is 47.5 Å². The van der Waals surface area contributed by atoms with Gasteiger partial charge >= 0.3 is 6.61 Å². The van der Waals surface area contributed by atoms with E-state index >= 15 is 0 Å². The van der Waals surface area contributed by atoms with Gasteiger partial charge in [-0.3, -0.25) is 4.79 Å². The number of nitrogens with one attached hydrogen (secondary N) is 1. The Morgan fingerprint density at radius 3 is 2.24 bits per heavy atom. The molecule has 0 aliphatic rings. The first-order valence-corrected chi connectivity index (χ1v) is 11.4. The molecular formula is C26H22F2N2O3S. The molecule has 34 heavy (non-hydrogen) atoms. The molecule has 4 rings (SSSR count). The van der Waals surface area contributed by atoms with Crippen molar-refractivity contribution < 1.29 is 23.0 Å². The van der Waals surface area contributed by atoms with Gasteiger partial charge in [0, 0.05) is 10.9 Å². The molecule has 8 heteroatoms. The molecule has 0 bridgehead atoms. The zero-order valence-corrected chi connectivity index (χ0v) is 19.1. The normalized spacial score (nSPS) is 11.8. The van der Waals surface area contributed by atoms with E-state index in [4.69, 9.17) is 4.74 Å². The maximum Gasteiger partial charge on any atom is 0.387 e. The number of nitrogens with zero attached hydrogens (tertiary/aromatic N) is 1. The smallest absolute Gasteiger partial charge is 0.387 e. The average molecular weight is 481 g/mol. The number of methoxy groups -OCH3 is 1. The lowest BCUT2D eigenvalue weighted by molar-refractivity contribution is -0.121. The summed E-state index contributed by atoms with van der Waals surface area (Å²) in [4.78, 5) is 17.5. The third kappa shape index (κ3) is 5.96. The standard InChI is InChI=1S/C26H22F2N2O3S/c1-32-21-11-9-19(10-12-21)25-29-20(16-34-25)15-23(31)30-24(17-5-3-2-4-6-17)18-7-13-22(14-8-18)33-26(27)28/h2-14,16,24,26H,15H2,1H3,(H,30,31). The first kappa shape index (κ1) is 23.4. The van der Waals surface area contributed by atoms with E-state index in [0.29, 0.717) is 5.69 Å². The second kappa shape index (κ2) is 10.9. The lowest BCUT2D eigenvalue weighted by atomic mass is 9.98. The summed E-state index contributed by atoms with van der Waals surface area (Å²) >= 11 is 1.47. The van der Waals surface area contributed by atoms with Crippen molar-refractivity contribution in [3.63, 3.8) is 0 Å². The van der Waals surface area contributed by atoms with Gasteiger partial charge in [0.2, 0.25) is 5.91 Å². The maximum absolute atomic E-state index is 12.9. The van der Waals surface area contributed by atoms with Crippen LogP contribution in [0.2, 0.25) is 0 Å². The highest BCUT2D eigenvalue weighted by molar-refractivity contribution is 7.13. The zero-order chi connectivity index (χ0) is 23.9. The van der Waals surface area contributed by atoms with Gasteiger partial charge in [-0.15, -0.1) is 11.3 Å². The Morgan fingerprint density at radius 2 is 1.59 bits per heavy atom. The van der Waals surface area contributed by atoms with Crippen LogP contribution < -0.4 is 14.8 Å². The van der Waals surface area contributed by atoms with Crippen molar-refractivity contribution in [2.75, 3.05) is 7.11 Å². The van der Waals surface area contributed by atoms with Crippen molar-refractivity contribution in [3.05, 3.63) is 101 Å². The molecule has 1 amide bonds. The maximum atomic E-state index is 12.9. The van der Waals surface area contributed by atoms with Crippen molar-refractivity contribution in [3.8, 4) is 22.1 Å². The monoisotopic (exact) mass is 480 g/mol. The number of aromatic nitrogens is 1. The van der Waals surface area contributed by atoms with Gasteiger partial charge in [-0.25, -0.2) is 4.98 Å². The number of carbonyl (C=O) groups is 1. The third-order valence-corrected chi connectivity index (χ3v) is 6.05. The highest BCUT2D eigenvalue weighted by Crippen LogP contribution is 2.27. The summed E-state index contributed by atoms with van der Waals surface area (Å²) in [6, 6.07) is 22.8. The lowest BCUT2D eigenvalue weighted by Crippen LogP contribution is -2.30. The van der Waals surface area contributed by atoms with Crippen molar-refractivity contribution >= 4 is 17.2 Å². The minimum absolute atomic E-state index is 0.0606. The molecule has 0 aliphatic heterocycles. The van der Waals surface area contributed by atoms with Crippen LogP contribution in [0, 0.1) is 0 Å². The fourth-order valence-corrected chi connectivity index (χ4v) is 4.30. The van der Waals surface area contributed by atoms with Crippen LogP contribution >= 0.6 is 11.3 Å². The second-order valence-corrected chi connectivity index (χ2v) is 8.27. The van der Waals surface area contributed by atoms with Crippen molar-refractivity contribution in [1.82, 2.24) is 10.3 Å². The molecule has 0 saturated carbocycles. The van der Waals surface area contributed by atoms with Crippen molar-refractivity contribution in [2.45, 2.75) is 19.1 Å². The average Bonchev–Trinajstić information content (AvgIpc) is 3.32. The molecule has 0 saturated heterocycles. The predicted octanol–water partition coefficient (Wildman–Crippen LogP) is 5.87. The number of benzene rings is 3. The number of thiazole rings is 1. The van der Waals surface area contributed by atoms with E-state index in [1.165, 1.54) is 23.5 Å². The summed E-state index contributed by atoms with van der Waals surface area (Å²) in [5, 5.41) is 5.73. The van der Waals surface area contributed by atoms with E-state index in [-0.39, 0.29) is 18.1 Å². The van der Waals surface area contributed by atoms with Crippen LogP contribution in [0.3, 0.4) is 0 Å². The fraction of sp³-hybridized carbons (Fsp3) is 0.154. The molecule has 0 aliphatic carbocycles. The van der Waals surface area contributed by atoms with Crippen LogP contribution in [0.5, 0.6) is 11.5 Å². The molecule has 5 nitrogen and oxygen atoms in total. The molecule has 1 heterocycles. The molecule has 0 fully saturated rings. The molecule has 0 radical (unpaired) electrons. The highest BCUT2D eigenvalue weighted by atomic mass is 32.1. The minimum Gasteiger partial charge on any atom is -0.497 e. The Bertz CT molecular complexity index is 1210. The number of alkyl halides is 2. The van der Waals surface area contributed by atoms with Crippen LogP contribution in [0.1, 0.15) is 22.9 Å². The number of carbonyl (C=O) groups excluding carboxylic acids is 1. The summed E-state index contributed by atoms with van der Waals surface area (Å²) in [6.07, 6.45) is 0.114. The Morgan fingerprint density at radius 1 is 0.941 bits per heavy atom. The van der Waals surface area contributed by atoms with Gasteiger partial charge in [-0.1, -0.05) is 42.5 Å². The second-order valence-electron chi connectivity index (χ2n) is 7.41. The summed E-state index contributed by atoms with van der Waals surface area (Å²) < 4.78 is 34.6. The Labute approximate surface area is 200 Å². The molecule has 174 valence electrons. The molecule has 4 aromatic rings. The topological polar surface area (TPSA) is 60.5 Å². The number of amides is 1. The summed E-state index contributed by atoms with van der Waals surface area (Å²) in [5.41, 5.74) is 3.24. The first-order valence-electron chi connectivity index (χ1n) is 10.5. The summed E-state index contributed by atoms with van der Waals surface area (Å²) in [7, 11) is 1.61. The Kier molecular flexibility index (Phi) is 7.49. The summed E-state index contributed by atoms with van der Waals surface area (Å²) in [5.74, 6) is 0.624. The molecule has 0 spiro atoms. The fourth-order valence-electron chi connectivity index (χ4n) is 3.48. The van der Waals surface area contributed by atoms with E-state index < -0.39 is 12.7 Å². The molecule has 1 aromatic heterocycles. The number of halogens is 2. The van der Waals surface area contributed by atoms with Crippen molar-refractivity contribution in [2.24, 2.45) is 0 Å². The molecular weight excluding hydrogens is 458 g/mol. The van der Waals surface area contributed by atoms with Gasteiger partial charge < -0.3 is 14.8 Å². The van der Waals surface area contributed by atoms with Crippen LogP contribution in [-0.4, -0.2) is 24.6 Å².